The molecule has 3 aromatic rings. The van der Waals surface area contributed by atoms with E-state index in [1.54, 1.807) is 36.4 Å². The number of halogens is 2. The van der Waals surface area contributed by atoms with E-state index in [0.717, 1.165) is 5.56 Å². The van der Waals surface area contributed by atoms with Gasteiger partial charge < -0.3 is 14.8 Å². The molecule has 3 aromatic carbocycles. The van der Waals surface area contributed by atoms with Crippen LogP contribution in [-0.4, -0.2) is 17.4 Å². The minimum atomic E-state index is -0.705. The zero-order valence-corrected chi connectivity index (χ0v) is 20.0. The second kappa shape index (κ2) is 11.9. The molecule has 0 fully saturated rings. The number of nitriles is 1. The van der Waals surface area contributed by atoms with Crippen molar-refractivity contribution in [3.05, 3.63) is 97.5 Å². The molecule has 1 amide bonds. The van der Waals surface area contributed by atoms with Crippen LogP contribution in [0.25, 0.3) is 6.08 Å². The summed E-state index contributed by atoms with van der Waals surface area (Å²) in [7, 11) is 0. The van der Waals surface area contributed by atoms with Crippen molar-refractivity contribution < 1.29 is 19.2 Å². The summed E-state index contributed by atoms with van der Waals surface area (Å²) in [5.74, 6) is 0.168. The molecule has 0 spiro atoms. The third-order valence-electron chi connectivity index (χ3n) is 4.66. The first-order valence-electron chi connectivity index (χ1n) is 10.3. The highest BCUT2D eigenvalue weighted by atomic mass is 35.5. The molecule has 0 aromatic heterocycles. The number of nitro benzene ring substituents is 1. The maximum absolute atomic E-state index is 12.6. The number of hydrogen-bond acceptors (Lipinski definition) is 6. The van der Waals surface area contributed by atoms with Gasteiger partial charge in [0.1, 0.15) is 18.2 Å². The van der Waals surface area contributed by atoms with Gasteiger partial charge in [-0.3, -0.25) is 14.9 Å². The van der Waals surface area contributed by atoms with Gasteiger partial charge in [0.15, 0.2) is 11.5 Å². The van der Waals surface area contributed by atoms with Gasteiger partial charge in [0, 0.05) is 33.4 Å². The highest BCUT2D eigenvalue weighted by Crippen LogP contribution is 2.31. The number of non-ortho nitro benzene ring substituents is 1. The smallest absolute Gasteiger partial charge is 0.271 e. The number of nitrogens with zero attached hydrogens (tertiary/aromatic N) is 2. The maximum atomic E-state index is 12.6. The summed E-state index contributed by atoms with van der Waals surface area (Å²) in [6.45, 7) is 2.36. The summed E-state index contributed by atoms with van der Waals surface area (Å²) in [6.07, 6.45) is 1.38. The first-order chi connectivity index (χ1) is 16.8. The van der Waals surface area contributed by atoms with Crippen molar-refractivity contribution >= 4 is 46.6 Å². The van der Waals surface area contributed by atoms with Crippen LogP contribution in [0.4, 0.5) is 11.4 Å². The van der Waals surface area contributed by atoms with Gasteiger partial charge in [-0.15, -0.1) is 0 Å². The Hall–Kier alpha value is -4.06. The lowest BCUT2D eigenvalue weighted by Gasteiger charge is -2.13. The molecule has 0 saturated heterocycles. The van der Waals surface area contributed by atoms with Crippen molar-refractivity contribution in [3.63, 3.8) is 0 Å². The van der Waals surface area contributed by atoms with E-state index in [-0.39, 0.29) is 23.6 Å². The Morgan fingerprint density at radius 1 is 1.11 bits per heavy atom. The number of nitro groups is 1. The van der Waals surface area contributed by atoms with E-state index in [0.29, 0.717) is 33.7 Å². The fraction of sp³-hybridized carbons (Fsp3) is 0.120. The fourth-order valence-electron chi connectivity index (χ4n) is 3.01. The maximum Gasteiger partial charge on any atom is 0.271 e. The van der Waals surface area contributed by atoms with Gasteiger partial charge in [0.25, 0.3) is 11.6 Å². The number of rotatable bonds is 9. The molecule has 0 aliphatic carbocycles. The van der Waals surface area contributed by atoms with E-state index < -0.39 is 10.8 Å². The molecule has 0 saturated carbocycles. The van der Waals surface area contributed by atoms with Gasteiger partial charge in [-0.25, -0.2) is 0 Å². The minimum Gasteiger partial charge on any atom is -0.490 e. The lowest BCUT2D eigenvalue weighted by Crippen LogP contribution is -2.13. The van der Waals surface area contributed by atoms with E-state index in [1.165, 1.54) is 30.3 Å². The second-order valence-electron chi connectivity index (χ2n) is 7.09. The quantitative estimate of drug-likeness (QED) is 0.153. The normalized spacial score (nSPS) is 10.9. The molecule has 8 nitrogen and oxygen atoms in total. The average molecular weight is 512 g/mol. The van der Waals surface area contributed by atoms with Crippen LogP contribution in [0, 0.1) is 21.4 Å². The Morgan fingerprint density at radius 2 is 1.91 bits per heavy atom. The largest absolute Gasteiger partial charge is 0.490 e. The molecule has 178 valence electrons. The van der Waals surface area contributed by atoms with Crippen molar-refractivity contribution in [3.8, 4) is 17.6 Å². The molecule has 0 heterocycles. The summed E-state index contributed by atoms with van der Waals surface area (Å²) in [4.78, 5) is 22.9. The number of benzene rings is 3. The Balaban J connectivity index is 1.79. The van der Waals surface area contributed by atoms with Crippen LogP contribution in [0.3, 0.4) is 0 Å². The number of anilines is 1. The predicted octanol–water partition coefficient (Wildman–Crippen LogP) is 6.42. The van der Waals surface area contributed by atoms with E-state index in [2.05, 4.69) is 5.32 Å². The second-order valence-corrected chi connectivity index (χ2v) is 7.94. The lowest BCUT2D eigenvalue weighted by atomic mass is 10.1. The minimum absolute atomic E-state index is 0.179. The van der Waals surface area contributed by atoms with Gasteiger partial charge in [-0.1, -0.05) is 41.4 Å². The number of hydrogen-bond donors (Lipinski definition) is 1. The molecule has 0 atom stereocenters. The van der Waals surface area contributed by atoms with Crippen molar-refractivity contribution in [2.45, 2.75) is 13.5 Å². The monoisotopic (exact) mass is 511 g/mol. The number of ether oxygens (including phenoxy) is 2. The molecule has 0 aliphatic rings. The van der Waals surface area contributed by atoms with Crippen molar-refractivity contribution in [2.24, 2.45) is 0 Å². The van der Waals surface area contributed by atoms with Crippen LogP contribution in [0.2, 0.25) is 10.0 Å². The number of carbonyl (C=O) groups excluding carboxylic acids is 1. The third kappa shape index (κ3) is 6.96. The fourth-order valence-corrected chi connectivity index (χ4v) is 3.47. The Kier molecular flexibility index (Phi) is 8.68. The SMILES string of the molecule is CCOc1cc(/C=C(/C#N)C(=O)Nc2cccc([N+](=O)[O-])c2)ccc1OCc1ccc(Cl)cc1Cl. The predicted molar refractivity (Wildman–Crippen MR) is 134 cm³/mol. The molecule has 0 aliphatic heterocycles. The number of carbonyl (C=O) groups is 1. The van der Waals surface area contributed by atoms with Gasteiger partial charge in [-0.05, 0) is 48.9 Å². The molecule has 0 unspecified atom stereocenters. The van der Waals surface area contributed by atoms with Gasteiger partial charge in [0.05, 0.1) is 11.5 Å². The summed E-state index contributed by atoms with van der Waals surface area (Å²) in [5, 5.41) is 23.9. The van der Waals surface area contributed by atoms with Crippen LogP contribution >= 0.6 is 23.2 Å². The Labute approximate surface area is 211 Å². The van der Waals surface area contributed by atoms with Crippen molar-refractivity contribution in [2.75, 3.05) is 11.9 Å². The van der Waals surface area contributed by atoms with Gasteiger partial charge in [0.2, 0.25) is 0 Å². The van der Waals surface area contributed by atoms with E-state index >= 15 is 0 Å². The van der Waals surface area contributed by atoms with Crippen LogP contribution in [0.15, 0.2) is 66.2 Å². The van der Waals surface area contributed by atoms with Gasteiger partial charge in [-0.2, -0.15) is 5.26 Å². The van der Waals surface area contributed by atoms with Crippen LogP contribution in [0.5, 0.6) is 11.5 Å². The number of amides is 1. The molecular weight excluding hydrogens is 493 g/mol. The van der Waals surface area contributed by atoms with Crippen LogP contribution < -0.4 is 14.8 Å². The van der Waals surface area contributed by atoms with Crippen molar-refractivity contribution in [1.82, 2.24) is 0 Å². The summed E-state index contributed by atoms with van der Waals surface area (Å²) >= 11 is 12.1. The Bertz CT molecular complexity index is 1330. The van der Waals surface area contributed by atoms with E-state index in [4.69, 9.17) is 32.7 Å². The van der Waals surface area contributed by atoms with E-state index in [1.807, 2.05) is 13.0 Å². The molecular formula is C25H19Cl2N3O5. The molecule has 0 bridgehead atoms. The van der Waals surface area contributed by atoms with Crippen LogP contribution in [-0.2, 0) is 11.4 Å². The average Bonchev–Trinajstić information content (AvgIpc) is 2.83. The summed E-state index contributed by atoms with van der Waals surface area (Å²) < 4.78 is 11.5. The number of nitrogens with one attached hydrogen (secondary N) is 1. The molecule has 1 N–H and O–H groups in total. The molecule has 3 rings (SSSR count). The zero-order chi connectivity index (χ0) is 25.4. The van der Waals surface area contributed by atoms with Gasteiger partial charge >= 0.3 is 0 Å². The summed E-state index contributed by atoms with van der Waals surface area (Å²) in [6, 6.07) is 17.4. The zero-order valence-electron chi connectivity index (χ0n) is 18.5. The lowest BCUT2D eigenvalue weighted by molar-refractivity contribution is -0.384. The van der Waals surface area contributed by atoms with Crippen LogP contribution in [0.1, 0.15) is 18.1 Å². The third-order valence-corrected chi connectivity index (χ3v) is 5.24. The topological polar surface area (TPSA) is 114 Å². The molecule has 0 radical (unpaired) electrons. The first kappa shape index (κ1) is 25.6. The summed E-state index contributed by atoms with van der Waals surface area (Å²) in [5.41, 5.74) is 1.09. The van der Waals surface area contributed by atoms with E-state index in [9.17, 15) is 20.2 Å². The highest BCUT2D eigenvalue weighted by molar-refractivity contribution is 6.35. The first-order valence-corrected chi connectivity index (χ1v) is 11.1. The Morgan fingerprint density at radius 3 is 2.60 bits per heavy atom. The van der Waals surface area contributed by atoms with Crippen molar-refractivity contribution in [1.29, 1.82) is 5.26 Å². The molecule has 35 heavy (non-hydrogen) atoms. The highest BCUT2D eigenvalue weighted by Gasteiger charge is 2.14. The standard InChI is InChI=1S/C25H19Cl2N3O5/c1-2-34-24-11-16(6-9-23(24)35-15-17-7-8-19(26)12-22(17)27)10-18(14-28)25(31)29-20-4-3-5-21(13-20)30(32)33/h3-13H,2,15H2,1H3,(H,29,31)/b18-10-. The molecule has 10 heteroatoms.